The van der Waals surface area contributed by atoms with Gasteiger partial charge >= 0.3 is 0 Å². The summed E-state index contributed by atoms with van der Waals surface area (Å²) >= 11 is 0. The molecule has 0 aliphatic carbocycles. The van der Waals surface area contributed by atoms with Crippen molar-refractivity contribution in [3.63, 3.8) is 0 Å². The number of nitrogens with zero attached hydrogens (tertiary/aromatic N) is 2. The van der Waals surface area contributed by atoms with Gasteiger partial charge in [0.25, 0.3) is 0 Å². The van der Waals surface area contributed by atoms with Crippen molar-refractivity contribution in [3.8, 4) is 0 Å². The van der Waals surface area contributed by atoms with Crippen molar-refractivity contribution >= 4 is 0 Å². The van der Waals surface area contributed by atoms with Crippen LogP contribution in [0.15, 0.2) is 0 Å². The molecular formula is C15H30N2. The lowest BCUT2D eigenvalue weighted by atomic mass is 9.74. The molecule has 0 saturated carbocycles. The maximum Gasteiger partial charge on any atom is 0.0231 e. The van der Waals surface area contributed by atoms with Crippen LogP contribution in [0.5, 0.6) is 0 Å². The summed E-state index contributed by atoms with van der Waals surface area (Å²) in [7, 11) is 0. The Bertz CT molecular complexity index is 270. The van der Waals surface area contributed by atoms with Crippen LogP contribution in [0.1, 0.15) is 54.4 Å². The lowest BCUT2D eigenvalue weighted by Gasteiger charge is -2.50. The van der Waals surface area contributed by atoms with Crippen LogP contribution in [0.25, 0.3) is 0 Å². The fourth-order valence-corrected chi connectivity index (χ4v) is 4.11. The smallest absolute Gasteiger partial charge is 0.0231 e. The molecule has 0 amide bonds. The standard InChI is InChI=1S/C15H30N2/c1-11(2)16-8-7-14-15(5,6)9-13(16)10-17(14)12(3)4/h11-14H,7-10H2,1-6H3/t13-,14+/m1/s1. The van der Waals surface area contributed by atoms with E-state index in [4.69, 9.17) is 0 Å². The second-order valence-corrected chi connectivity index (χ2v) is 7.27. The van der Waals surface area contributed by atoms with E-state index in [1.807, 2.05) is 0 Å². The van der Waals surface area contributed by atoms with Gasteiger partial charge in [-0.25, -0.2) is 0 Å². The number of piperidine rings is 1. The van der Waals surface area contributed by atoms with Gasteiger partial charge in [0.05, 0.1) is 0 Å². The second-order valence-electron chi connectivity index (χ2n) is 7.27. The zero-order valence-electron chi connectivity index (χ0n) is 12.5. The highest BCUT2D eigenvalue weighted by atomic mass is 15.3. The Morgan fingerprint density at radius 1 is 1.00 bits per heavy atom. The topological polar surface area (TPSA) is 6.48 Å². The Morgan fingerprint density at radius 3 is 2.12 bits per heavy atom. The van der Waals surface area contributed by atoms with E-state index in [1.54, 1.807) is 0 Å². The summed E-state index contributed by atoms with van der Waals surface area (Å²) in [5.41, 5.74) is 0.483. The zero-order chi connectivity index (χ0) is 12.8. The van der Waals surface area contributed by atoms with E-state index in [9.17, 15) is 0 Å². The lowest BCUT2D eigenvalue weighted by Crippen LogP contribution is -2.57. The first-order valence-corrected chi connectivity index (χ1v) is 7.34. The van der Waals surface area contributed by atoms with E-state index in [-0.39, 0.29) is 0 Å². The van der Waals surface area contributed by atoms with E-state index in [2.05, 4.69) is 51.3 Å². The van der Waals surface area contributed by atoms with Crippen LogP contribution in [-0.4, -0.2) is 47.1 Å². The van der Waals surface area contributed by atoms with Crippen molar-refractivity contribution in [2.75, 3.05) is 13.1 Å². The molecular weight excluding hydrogens is 208 g/mol. The van der Waals surface area contributed by atoms with Crippen molar-refractivity contribution in [2.45, 2.75) is 78.6 Å². The van der Waals surface area contributed by atoms with E-state index in [0.717, 1.165) is 12.1 Å². The Morgan fingerprint density at radius 2 is 1.59 bits per heavy atom. The molecule has 3 heterocycles. The molecule has 3 rings (SSSR count). The van der Waals surface area contributed by atoms with Crippen molar-refractivity contribution < 1.29 is 0 Å². The van der Waals surface area contributed by atoms with Gasteiger partial charge in [0, 0.05) is 37.3 Å². The molecule has 2 atom stereocenters. The first kappa shape index (κ1) is 13.4. The van der Waals surface area contributed by atoms with Crippen molar-refractivity contribution in [2.24, 2.45) is 5.41 Å². The molecule has 3 aliphatic rings. The molecule has 0 aromatic rings. The number of rotatable bonds is 2. The molecule has 17 heavy (non-hydrogen) atoms. The second kappa shape index (κ2) is 4.55. The van der Waals surface area contributed by atoms with Gasteiger partial charge in [-0.05, 0) is 46.0 Å². The van der Waals surface area contributed by atoms with Crippen LogP contribution < -0.4 is 0 Å². The third kappa shape index (κ3) is 2.39. The van der Waals surface area contributed by atoms with Crippen LogP contribution >= 0.6 is 0 Å². The minimum atomic E-state index is 0.483. The molecule has 0 aromatic carbocycles. The highest BCUT2D eigenvalue weighted by molar-refractivity contribution is 5.01. The number of hydrogen-bond donors (Lipinski definition) is 0. The van der Waals surface area contributed by atoms with Gasteiger partial charge in [0.1, 0.15) is 0 Å². The van der Waals surface area contributed by atoms with Gasteiger partial charge in [-0.1, -0.05) is 13.8 Å². The average Bonchev–Trinajstić information content (AvgIpc) is 2.43. The van der Waals surface area contributed by atoms with E-state index >= 15 is 0 Å². The monoisotopic (exact) mass is 238 g/mol. The lowest BCUT2D eigenvalue weighted by molar-refractivity contribution is -0.00779. The Balaban J connectivity index is 2.26. The first-order valence-electron chi connectivity index (χ1n) is 7.34. The summed E-state index contributed by atoms with van der Waals surface area (Å²) in [4.78, 5) is 5.50. The molecule has 0 N–H and O–H groups in total. The molecule has 2 bridgehead atoms. The minimum Gasteiger partial charge on any atom is -0.297 e. The molecule has 2 heteroatoms. The molecule has 3 aliphatic heterocycles. The summed E-state index contributed by atoms with van der Waals surface area (Å²) in [6, 6.07) is 2.93. The minimum absolute atomic E-state index is 0.483. The van der Waals surface area contributed by atoms with Crippen LogP contribution in [0.4, 0.5) is 0 Å². The number of fused-ring (bicyclic) bond motifs is 4. The van der Waals surface area contributed by atoms with Gasteiger partial charge in [0.15, 0.2) is 0 Å². The molecule has 0 radical (unpaired) electrons. The third-order valence-corrected chi connectivity index (χ3v) is 4.94. The Labute approximate surface area is 107 Å². The van der Waals surface area contributed by atoms with Crippen LogP contribution in [0.3, 0.4) is 0 Å². The largest absolute Gasteiger partial charge is 0.297 e. The van der Waals surface area contributed by atoms with E-state index in [1.165, 1.54) is 25.9 Å². The fraction of sp³-hybridized carbons (Fsp3) is 1.00. The van der Waals surface area contributed by atoms with Crippen LogP contribution in [-0.2, 0) is 0 Å². The van der Waals surface area contributed by atoms with Crippen molar-refractivity contribution in [1.29, 1.82) is 0 Å². The van der Waals surface area contributed by atoms with E-state index in [0.29, 0.717) is 17.5 Å². The summed E-state index contributed by atoms with van der Waals surface area (Å²) in [5.74, 6) is 0. The maximum absolute atomic E-state index is 2.76. The summed E-state index contributed by atoms with van der Waals surface area (Å²) in [5, 5.41) is 0. The first-order chi connectivity index (χ1) is 7.83. The normalized spacial score (nSPS) is 34.6. The Hall–Kier alpha value is -0.0800. The average molecular weight is 238 g/mol. The van der Waals surface area contributed by atoms with Gasteiger partial charge in [-0.3, -0.25) is 9.80 Å². The molecule has 3 saturated heterocycles. The summed E-state index contributed by atoms with van der Waals surface area (Å²) in [6.07, 6.45) is 2.72. The summed E-state index contributed by atoms with van der Waals surface area (Å²) in [6.45, 7) is 16.9. The third-order valence-electron chi connectivity index (χ3n) is 4.94. The molecule has 3 fully saturated rings. The van der Waals surface area contributed by atoms with Gasteiger partial charge in [0.2, 0.25) is 0 Å². The Kier molecular flexibility index (Phi) is 3.57. The predicted octanol–water partition coefficient (Wildman–Crippen LogP) is 2.98. The van der Waals surface area contributed by atoms with Gasteiger partial charge in [-0.15, -0.1) is 0 Å². The highest BCUT2D eigenvalue weighted by Gasteiger charge is 2.46. The van der Waals surface area contributed by atoms with Gasteiger partial charge in [-0.2, -0.15) is 0 Å². The van der Waals surface area contributed by atoms with Crippen LogP contribution in [0, 0.1) is 5.41 Å². The highest BCUT2D eigenvalue weighted by Crippen LogP contribution is 2.42. The number of hydrogen-bond acceptors (Lipinski definition) is 2. The van der Waals surface area contributed by atoms with E-state index < -0.39 is 0 Å². The van der Waals surface area contributed by atoms with Crippen LogP contribution in [0.2, 0.25) is 0 Å². The van der Waals surface area contributed by atoms with Crippen molar-refractivity contribution in [1.82, 2.24) is 9.80 Å². The molecule has 2 nitrogen and oxygen atoms in total. The maximum atomic E-state index is 2.76. The quantitative estimate of drug-likeness (QED) is 0.730. The molecule has 0 aromatic heterocycles. The fourth-order valence-electron chi connectivity index (χ4n) is 4.11. The molecule has 100 valence electrons. The zero-order valence-corrected chi connectivity index (χ0v) is 12.5. The predicted molar refractivity (Wildman–Crippen MR) is 74.3 cm³/mol. The SMILES string of the molecule is CC(C)N1CC[C@@H]2N(C(C)C)C[C@H]1CC2(C)C. The van der Waals surface area contributed by atoms with Crippen molar-refractivity contribution in [3.05, 3.63) is 0 Å². The molecule has 0 unspecified atom stereocenters. The summed E-state index contributed by atoms with van der Waals surface area (Å²) < 4.78 is 0. The molecule has 0 spiro atoms. The van der Waals surface area contributed by atoms with Gasteiger partial charge < -0.3 is 0 Å².